The van der Waals surface area contributed by atoms with E-state index in [9.17, 15) is 0 Å². The molecule has 1 aliphatic heterocycles. The summed E-state index contributed by atoms with van der Waals surface area (Å²) >= 11 is 0. The van der Waals surface area contributed by atoms with Gasteiger partial charge in [-0.1, -0.05) is 13.3 Å². The summed E-state index contributed by atoms with van der Waals surface area (Å²) < 4.78 is 0. The maximum Gasteiger partial charge on any atom is 0.224 e. The molecule has 4 nitrogen and oxygen atoms in total. The standard InChI is InChI=1S/C15H26N4/c1-4-8-13-9-6-7-10-19(13)14-12(3)11-17-15(18-14)16-5-2/h11,13H,4-10H2,1-3H3,(H,16,17,18). The van der Waals surface area contributed by atoms with Crippen molar-refractivity contribution in [2.45, 2.75) is 58.9 Å². The smallest absolute Gasteiger partial charge is 0.224 e. The molecule has 1 unspecified atom stereocenters. The van der Waals surface area contributed by atoms with Gasteiger partial charge in [0.25, 0.3) is 0 Å². The van der Waals surface area contributed by atoms with Crippen molar-refractivity contribution >= 4 is 11.8 Å². The zero-order chi connectivity index (χ0) is 13.7. The van der Waals surface area contributed by atoms with Crippen LogP contribution in [0.5, 0.6) is 0 Å². The fraction of sp³-hybridized carbons (Fsp3) is 0.733. The van der Waals surface area contributed by atoms with Gasteiger partial charge < -0.3 is 10.2 Å². The van der Waals surface area contributed by atoms with Crippen LogP contribution in [0.25, 0.3) is 0 Å². The fourth-order valence-electron chi connectivity index (χ4n) is 2.88. The third-order valence-electron chi connectivity index (χ3n) is 3.80. The molecule has 0 radical (unpaired) electrons. The van der Waals surface area contributed by atoms with Crippen LogP contribution < -0.4 is 10.2 Å². The molecule has 2 rings (SSSR count). The van der Waals surface area contributed by atoms with Gasteiger partial charge in [-0.25, -0.2) is 4.98 Å². The summed E-state index contributed by atoms with van der Waals surface area (Å²) in [6.45, 7) is 8.45. The zero-order valence-corrected chi connectivity index (χ0v) is 12.4. The van der Waals surface area contributed by atoms with Crippen LogP contribution in [-0.4, -0.2) is 29.1 Å². The van der Waals surface area contributed by atoms with Crippen LogP contribution >= 0.6 is 0 Å². The highest BCUT2D eigenvalue weighted by molar-refractivity contribution is 5.50. The van der Waals surface area contributed by atoms with Gasteiger partial charge in [0.05, 0.1) is 0 Å². The molecule has 2 heterocycles. The van der Waals surface area contributed by atoms with E-state index < -0.39 is 0 Å². The molecular formula is C15H26N4. The van der Waals surface area contributed by atoms with E-state index in [1.807, 2.05) is 6.20 Å². The third-order valence-corrected chi connectivity index (χ3v) is 3.80. The Balaban J connectivity index is 2.24. The van der Waals surface area contributed by atoms with Crippen molar-refractivity contribution in [3.05, 3.63) is 11.8 Å². The summed E-state index contributed by atoms with van der Waals surface area (Å²) in [4.78, 5) is 11.6. The molecule has 0 aromatic carbocycles. The SMILES string of the molecule is CCCC1CCCCN1c1nc(NCC)ncc1C. The lowest BCUT2D eigenvalue weighted by atomic mass is 9.98. The van der Waals surface area contributed by atoms with Crippen molar-refractivity contribution in [2.75, 3.05) is 23.3 Å². The highest BCUT2D eigenvalue weighted by atomic mass is 15.2. The first kappa shape index (κ1) is 14.1. The molecule has 0 aliphatic carbocycles. The van der Waals surface area contributed by atoms with Crippen molar-refractivity contribution in [3.8, 4) is 0 Å². The normalized spacial score (nSPS) is 19.5. The number of rotatable bonds is 5. The summed E-state index contributed by atoms with van der Waals surface area (Å²) in [5.74, 6) is 1.88. The number of nitrogens with zero attached hydrogens (tertiary/aromatic N) is 3. The van der Waals surface area contributed by atoms with Crippen molar-refractivity contribution in [3.63, 3.8) is 0 Å². The summed E-state index contributed by atoms with van der Waals surface area (Å²) in [6, 6.07) is 0.654. The molecule has 0 saturated carbocycles. The fourth-order valence-corrected chi connectivity index (χ4v) is 2.88. The molecule has 19 heavy (non-hydrogen) atoms. The van der Waals surface area contributed by atoms with Crippen molar-refractivity contribution in [1.82, 2.24) is 9.97 Å². The average molecular weight is 262 g/mol. The maximum atomic E-state index is 4.72. The van der Waals surface area contributed by atoms with E-state index in [0.29, 0.717) is 6.04 Å². The third kappa shape index (κ3) is 3.37. The van der Waals surface area contributed by atoms with E-state index in [-0.39, 0.29) is 0 Å². The Morgan fingerprint density at radius 1 is 1.37 bits per heavy atom. The predicted molar refractivity (Wildman–Crippen MR) is 80.8 cm³/mol. The lowest BCUT2D eigenvalue weighted by molar-refractivity contribution is 0.431. The Kier molecular flexibility index (Phi) is 5.00. The van der Waals surface area contributed by atoms with Crippen LogP contribution in [-0.2, 0) is 0 Å². The van der Waals surface area contributed by atoms with E-state index in [4.69, 9.17) is 4.98 Å². The van der Waals surface area contributed by atoms with Gasteiger partial charge in [0.2, 0.25) is 5.95 Å². The molecule has 106 valence electrons. The van der Waals surface area contributed by atoms with Crippen LogP contribution in [0.4, 0.5) is 11.8 Å². The first-order valence-electron chi connectivity index (χ1n) is 7.60. The van der Waals surface area contributed by atoms with Gasteiger partial charge in [0.1, 0.15) is 5.82 Å². The van der Waals surface area contributed by atoms with Gasteiger partial charge in [0.15, 0.2) is 0 Å². The van der Waals surface area contributed by atoms with E-state index in [1.165, 1.54) is 37.7 Å². The van der Waals surface area contributed by atoms with E-state index in [2.05, 4.69) is 36.0 Å². The number of aryl methyl sites for hydroxylation is 1. The minimum Gasteiger partial charge on any atom is -0.354 e. The Hall–Kier alpha value is -1.32. The largest absolute Gasteiger partial charge is 0.354 e. The summed E-state index contributed by atoms with van der Waals surface area (Å²) in [5, 5.41) is 3.21. The first-order valence-corrected chi connectivity index (χ1v) is 7.60. The van der Waals surface area contributed by atoms with Gasteiger partial charge in [-0.3, -0.25) is 0 Å². The molecule has 1 fully saturated rings. The molecule has 1 aromatic heterocycles. The Morgan fingerprint density at radius 3 is 2.95 bits per heavy atom. The number of piperidine rings is 1. The Bertz CT molecular complexity index is 403. The second-order valence-electron chi connectivity index (χ2n) is 5.36. The highest BCUT2D eigenvalue weighted by Crippen LogP contribution is 2.28. The molecule has 0 amide bonds. The second-order valence-corrected chi connectivity index (χ2v) is 5.36. The number of hydrogen-bond donors (Lipinski definition) is 1. The topological polar surface area (TPSA) is 41.1 Å². The predicted octanol–water partition coefficient (Wildman–Crippen LogP) is 3.38. The van der Waals surface area contributed by atoms with Crippen molar-refractivity contribution in [2.24, 2.45) is 0 Å². The molecule has 0 spiro atoms. The molecule has 4 heteroatoms. The van der Waals surface area contributed by atoms with Gasteiger partial charge in [-0.15, -0.1) is 0 Å². The molecule has 1 aromatic rings. The number of anilines is 2. The van der Waals surface area contributed by atoms with E-state index >= 15 is 0 Å². The summed E-state index contributed by atoms with van der Waals surface area (Å²) in [6.07, 6.45) is 8.38. The van der Waals surface area contributed by atoms with Gasteiger partial charge in [-0.2, -0.15) is 4.98 Å². The molecule has 1 N–H and O–H groups in total. The monoisotopic (exact) mass is 262 g/mol. The number of hydrogen-bond acceptors (Lipinski definition) is 4. The number of aromatic nitrogens is 2. The second kappa shape index (κ2) is 6.73. The van der Waals surface area contributed by atoms with Gasteiger partial charge in [-0.05, 0) is 39.5 Å². The maximum absolute atomic E-state index is 4.72. The summed E-state index contributed by atoms with van der Waals surface area (Å²) in [5.41, 5.74) is 1.18. The molecule has 0 bridgehead atoms. The lowest BCUT2D eigenvalue weighted by Gasteiger charge is -2.37. The lowest BCUT2D eigenvalue weighted by Crippen LogP contribution is -2.40. The van der Waals surface area contributed by atoms with Crippen LogP contribution in [0.1, 0.15) is 51.5 Å². The molecular weight excluding hydrogens is 236 g/mol. The zero-order valence-electron chi connectivity index (χ0n) is 12.4. The van der Waals surface area contributed by atoms with Crippen LogP contribution in [0.3, 0.4) is 0 Å². The molecule has 1 saturated heterocycles. The van der Waals surface area contributed by atoms with Gasteiger partial charge >= 0.3 is 0 Å². The van der Waals surface area contributed by atoms with Crippen molar-refractivity contribution in [1.29, 1.82) is 0 Å². The molecule has 1 aliphatic rings. The number of nitrogens with one attached hydrogen (secondary N) is 1. The minimum absolute atomic E-state index is 0.654. The van der Waals surface area contributed by atoms with Crippen LogP contribution in [0.2, 0.25) is 0 Å². The Morgan fingerprint density at radius 2 is 2.21 bits per heavy atom. The van der Waals surface area contributed by atoms with E-state index in [1.54, 1.807) is 0 Å². The quantitative estimate of drug-likeness (QED) is 0.883. The van der Waals surface area contributed by atoms with Crippen LogP contribution in [0, 0.1) is 6.92 Å². The summed E-state index contributed by atoms with van der Waals surface area (Å²) in [7, 11) is 0. The van der Waals surface area contributed by atoms with E-state index in [0.717, 1.165) is 24.9 Å². The van der Waals surface area contributed by atoms with Crippen molar-refractivity contribution < 1.29 is 0 Å². The molecule has 1 atom stereocenters. The van der Waals surface area contributed by atoms with Crippen LogP contribution in [0.15, 0.2) is 6.20 Å². The van der Waals surface area contributed by atoms with Gasteiger partial charge in [0, 0.05) is 30.9 Å². The average Bonchev–Trinajstić information content (AvgIpc) is 2.42. The Labute approximate surface area is 116 Å². The highest BCUT2D eigenvalue weighted by Gasteiger charge is 2.24. The minimum atomic E-state index is 0.654. The first-order chi connectivity index (χ1) is 9.26.